The molecule has 1 heterocycles. The molecule has 0 aliphatic carbocycles. The minimum atomic E-state index is 0.856. The molecule has 21 heavy (non-hydrogen) atoms. The zero-order chi connectivity index (χ0) is 15.2. The molecule has 1 aromatic rings. The van der Waals surface area contributed by atoms with E-state index in [2.05, 4.69) is 74.9 Å². The molecule has 1 fully saturated rings. The van der Waals surface area contributed by atoms with Crippen molar-refractivity contribution in [3.8, 4) is 0 Å². The lowest BCUT2D eigenvalue weighted by Crippen LogP contribution is -2.26. The molecule has 1 aromatic carbocycles. The Labute approximate surface area is 149 Å². The molecule has 0 aromatic heterocycles. The Hall–Kier alpha value is 0.230. The van der Waals surface area contributed by atoms with Crippen LogP contribution in [0.1, 0.15) is 38.7 Å². The summed E-state index contributed by atoms with van der Waals surface area (Å²) >= 11 is 9.10. The summed E-state index contributed by atoms with van der Waals surface area (Å²) in [5.41, 5.74) is 1.26. The Morgan fingerprint density at radius 1 is 1.24 bits per heavy atom. The van der Waals surface area contributed by atoms with E-state index in [1.807, 2.05) is 11.8 Å². The third-order valence-corrected chi connectivity index (χ3v) is 5.84. The van der Waals surface area contributed by atoms with E-state index in [9.17, 15) is 0 Å². The summed E-state index contributed by atoms with van der Waals surface area (Å²) in [5, 5.41) is 0. The second-order valence-electron chi connectivity index (χ2n) is 5.66. The highest BCUT2D eigenvalue weighted by atomic mass is 79.9. The molecular weight excluding hydrogens is 410 g/mol. The SMILES string of the molecule is CCCC(CC)CN1CS/C(=C\c2cc(Br)cc(Br)c2)C1. The molecule has 116 valence electrons. The van der Waals surface area contributed by atoms with Crippen LogP contribution in [0.4, 0.5) is 0 Å². The van der Waals surface area contributed by atoms with Gasteiger partial charge in [-0.1, -0.05) is 58.5 Å². The lowest BCUT2D eigenvalue weighted by atomic mass is 10.0. The summed E-state index contributed by atoms with van der Waals surface area (Å²) in [6, 6.07) is 6.42. The number of benzene rings is 1. The molecule has 0 radical (unpaired) electrons. The van der Waals surface area contributed by atoms with E-state index in [0.717, 1.165) is 27.3 Å². The van der Waals surface area contributed by atoms with Crippen molar-refractivity contribution in [2.24, 2.45) is 5.92 Å². The zero-order valence-corrected chi connectivity index (χ0v) is 16.7. The van der Waals surface area contributed by atoms with Gasteiger partial charge in [-0.15, -0.1) is 11.8 Å². The quantitative estimate of drug-likeness (QED) is 0.512. The van der Waals surface area contributed by atoms with E-state index >= 15 is 0 Å². The third-order valence-electron chi connectivity index (χ3n) is 3.82. The summed E-state index contributed by atoms with van der Waals surface area (Å²) in [6.45, 7) is 6.96. The van der Waals surface area contributed by atoms with Crippen molar-refractivity contribution in [3.63, 3.8) is 0 Å². The number of rotatable bonds is 6. The molecule has 0 spiro atoms. The molecule has 1 aliphatic heterocycles. The van der Waals surface area contributed by atoms with Crippen LogP contribution in [0.15, 0.2) is 32.0 Å². The summed E-state index contributed by atoms with van der Waals surface area (Å²) < 4.78 is 2.25. The van der Waals surface area contributed by atoms with Gasteiger partial charge >= 0.3 is 0 Å². The van der Waals surface area contributed by atoms with Gasteiger partial charge in [-0.25, -0.2) is 0 Å². The van der Waals surface area contributed by atoms with Gasteiger partial charge in [0.15, 0.2) is 0 Å². The molecule has 4 heteroatoms. The average molecular weight is 433 g/mol. The molecule has 0 saturated carbocycles. The van der Waals surface area contributed by atoms with Crippen LogP contribution in [0, 0.1) is 5.92 Å². The summed E-state index contributed by atoms with van der Waals surface area (Å²) in [7, 11) is 0. The van der Waals surface area contributed by atoms with Crippen LogP contribution in [0.3, 0.4) is 0 Å². The average Bonchev–Trinajstić information content (AvgIpc) is 2.84. The van der Waals surface area contributed by atoms with Crippen molar-refractivity contribution in [1.29, 1.82) is 0 Å². The van der Waals surface area contributed by atoms with Crippen LogP contribution in [-0.2, 0) is 0 Å². The van der Waals surface area contributed by atoms with Crippen LogP contribution in [0.25, 0.3) is 6.08 Å². The Morgan fingerprint density at radius 3 is 2.57 bits per heavy atom. The van der Waals surface area contributed by atoms with Crippen LogP contribution >= 0.6 is 43.6 Å². The fraction of sp³-hybridized carbons (Fsp3) is 0.529. The van der Waals surface area contributed by atoms with Gasteiger partial charge in [-0.3, -0.25) is 4.90 Å². The van der Waals surface area contributed by atoms with Gasteiger partial charge in [0.05, 0.1) is 0 Å². The normalized spacial score (nSPS) is 19.3. The Kier molecular flexibility index (Phi) is 7.33. The van der Waals surface area contributed by atoms with Gasteiger partial charge in [0, 0.05) is 32.8 Å². The highest BCUT2D eigenvalue weighted by Gasteiger charge is 2.20. The van der Waals surface area contributed by atoms with E-state index in [-0.39, 0.29) is 0 Å². The first-order valence-corrected chi connectivity index (χ1v) is 10.2. The molecule has 1 aliphatic rings. The fourth-order valence-electron chi connectivity index (χ4n) is 2.73. The van der Waals surface area contributed by atoms with Crippen LogP contribution in [0.5, 0.6) is 0 Å². The molecule has 1 nitrogen and oxygen atoms in total. The molecule has 0 N–H and O–H groups in total. The monoisotopic (exact) mass is 431 g/mol. The molecule has 2 rings (SSSR count). The highest BCUT2D eigenvalue weighted by Crippen LogP contribution is 2.31. The van der Waals surface area contributed by atoms with Gasteiger partial charge in [-0.05, 0) is 42.2 Å². The topological polar surface area (TPSA) is 3.24 Å². The van der Waals surface area contributed by atoms with Gasteiger partial charge in [-0.2, -0.15) is 0 Å². The first-order valence-electron chi connectivity index (χ1n) is 7.62. The first kappa shape index (κ1) is 17.6. The Balaban J connectivity index is 1.96. The first-order chi connectivity index (χ1) is 10.1. The van der Waals surface area contributed by atoms with Crippen molar-refractivity contribution < 1.29 is 0 Å². The predicted octanol–water partition coefficient (Wildman–Crippen LogP) is 6.39. The van der Waals surface area contributed by atoms with E-state index in [1.54, 1.807) is 0 Å². The van der Waals surface area contributed by atoms with Gasteiger partial charge < -0.3 is 0 Å². The maximum Gasteiger partial charge on any atom is 0.0492 e. The number of hydrogen-bond acceptors (Lipinski definition) is 2. The molecule has 1 saturated heterocycles. The van der Waals surface area contributed by atoms with E-state index in [0.29, 0.717) is 0 Å². The van der Waals surface area contributed by atoms with Crippen molar-refractivity contribution in [1.82, 2.24) is 4.90 Å². The van der Waals surface area contributed by atoms with Gasteiger partial charge in [0.25, 0.3) is 0 Å². The Bertz CT molecular complexity index is 481. The lowest BCUT2D eigenvalue weighted by molar-refractivity contribution is 0.279. The summed E-state index contributed by atoms with van der Waals surface area (Å²) in [4.78, 5) is 4.07. The number of thioether (sulfide) groups is 1. The van der Waals surface area contributed by atoms with Crippen molar-refractivity contribution >= 4 is 49.7 Å². The smallest absolute Gasteiger partial charge is 0.0492 e. The highest BCUT2D eigenvalue weighted by molar-refractivity contribution is 9.11. The molecule has 0 amide bonds. The third kappa shape index (κ3) is 5.74. The second kappa shape index (κ2) is 8.76. The van der Waals surface area contributed by atoms with Crippen molar-refractivity contribution in [2.45, 2.75) is 33.1 Å². The van der Waals surface area contributed by atoms with E-state index in [1.165, 1.54) is 36.3 Å². The predicted molar refractivity (Wildman–Crippen MR) is 103 cm³/mol. The van der Waals surface area contributed by atoms with E-state index in [4.69, 9.17) is 0 Å². The summed E-state index contributed by atoms with van der Waals surface area (Å²) in [5.74, 6) is 2.00. The van der Waals surface area contributed by atoms with Crippen LogP contribution in [0.2, 0.25) is 0 Å². The molecule has 0 bridgehead atoms. The fourth-order valence-corrected chi connectivity index (χ4v) is 5.10. The summed E-state index contributed by atoms with van der Waals surface area (Å²) in [6.07, 6.45) is 6.27. The maximum atomic E-state index is 3.56. The van der Waals surface area contributed by atoms with Gasteiger partial charge in [0.2, 0.25) is 0 Å². The number of halogens is 2. The lowest BCUT2D eigenvalue weighted by Gasteiger charge is -2.21. The maximum absolute atomic E-state index is 3.56. The number of nitrogens with zero attached hydrogens (tertiary/aromatic N) is 1. The van der Waals surface area contributed by atoms with Crippen molar-refractivity contribution in [2.75, 3.05) is 19.0 Å². The minimum Gasteiger partial charge on any atom is -0.289 e. The molecule has 1 unspecified atom stereocenters. The zero-order valence-electron chi connectivity index (χ0n) is 12.7. The second-order valence-corrected chi connectivity index (χ2v) is 8.56. The van der Waals surface area contributed by atoms with Crippen LogP contribution in [-0.4, -0.2) is 23.9 Å². The van der Waals surface area contributed by atoms with Gasteiger partial charge in [0.1, 0.15) is 0 Å². The minimum absolute atomic E-state index is 0.856. The van der Waals surface area contributed by atoms with Crippen LogP contribution < -0.4 is 0 Å². The van der Waals surface area contributed by atoms with E-state index < -0.39 is 0 Å². The molecular formula is C17H23Br2NS. The largest absolute Gasteiger partial charge is 0.289 e. The van der Waals surface area contributed by atoms with Crippen molar-refractivity contribution in [3.05, 3.63) is 37.6 Å². The Morgan fingerprint density at radius 2 is 1.95 bits per heavy atom. The molecule has 1 atom stereocenters. The number of hydrogen-bond donors (Lipinski definition) is 0. The standard InChI is InChI=1S/C17H23Br2NS/c1-3-5-13(4-2)10-20-11-17(21-12-20)8-14-6-15(18)9-16(19)7-14/h6-9,13H,3-5,10-12H2,1-2H3/b17-8-.